The summed E-state index contributed by atoms with van der Waals surface area (Å²) in [6.45, 7) is 4.32. The molecule has 0 bridgehead atoms. The van der Waals surface area contributed by atoms with Crippen LogP contribution in [-0.4, -0.2) is 32.5 Å². The van der Waals surface area contributed by atoms with Crippen LogP contribution in [0.1, 0.15) is 5.56 Å². The van der Waals surface area contributed by atoms with Crippen LogP contribution in [0.5, 0.6) is 0 Å². The van der Waals surface area contributed by atoms with Crippen LogP contribution in [0.4, 0.5) is 5.69 Å². The predicted molar refractivity (Wildman–Crippen MR) is 91.0 cm³/mol. The summed E-state index contributed by atoms with van der Waals surface area (Å²) in [7, 11) is 0. The molecule has 1 unspecified atom stereocenters. The maximum absolute atomic E-state index is 11.2. The van der Waals surface area contributed by atoms with Crippen molar-refractivity contribution in [3.05, 3.63) is 73.1 Å². The summed E-state index contributed by atoms with van der Waals surface area (Å²) >= 11 is 1.54. The molecule has 3 rings (SSSR count). The molecular formula is C17H17N3OS. The lowest BCUT2D eigenvalue weighted by Crippen LogP contribution is -2.44. The number of pyridine rings is 1. The number of aliphatic imine (C=N–C) groups is 1. The molecule has 0 amide bonds. The van der Waals surface area contributed by atoms with E-state index in [1.54, 1.807) is 18.5 Å². The van der Waals surface area contributed by atoms with E-state index >= 15 is 0 Å². The van der Waals surface area contributed by atoms with Crippen molar-refractivity contribution in [2.45, 2.75) is 5.72 Å². The van der Waals surface area contributed by atoms with Crippen molar-refractivity contribution >= 4 is 22.6 Å². The fourth-order valence-electron chi connectivity index (χ4n) is 2.40. The summed E-state index contributed by atoms with van der Waals surface area (Å²) in [4.78, 5) is 10.6. The van der Waals surface area contributed by atoms with Crippen LogP contribution in [0.25, 0.3) is 0 Å². The molecule has 1 N–H and O–H groups in total. The van der Waals surface area contributed by atoms with Crippen LogP contribution in [0.3, 0.4) is 0 Å². The van der Waals surface area contributed by atoms with Crippen molar-refractivity contribution in [2.24, 2.45) is 4.99 Å². The minimum Gasteiger partial charge on any atom is -0.366 e. The van der Waals surface area contributed by atoms with E-state index in [0.717, 1.165) is 16.4 Å². The Morgan fingerprint density at radius 3 is 2.82 bits per heavy atom. The molecule has 0 radical (unpaired) electrons. The summed E-state index contributed by atoms with van der Waals surface area (Å²) in [6.07, 6.45) is 5.20. The number of rotatable bonds is 4. The Balaban J connectivity index is 1.98. The van der Waals surface area contributed by atoms with Gasteiger partial charge in [0.05, 0.1) is 17.6 Å². The van der Waals surface area contributed by atoms with Gasteiger partial charge in [0.2, 0.25) is 0 Å². The van der Waals surface area contributed by atoms with Gasteiger partial charge in [0.1, 0.15) is 0 Å². The number of hydrogen-bond acceptors (Lipinski definition) is 4. The van der Waals surface area contributed by atoms with Gasteiger partial charge in [-0.3, -0.25) is 4.98 Å². The number of nitrogens with zero attached hydrogens (tertiary/aromatic N) is 3. The van der Waals surface area contributed by atoms with E-state index in [0.29, 0.717) is 12.3 Å². The molecule has 5 heteroatoms. The molecule has 0 saturated carbocycles. The number of amidine groups is 1. The van der Waals surface area contributed by atoms with Gasteiger partial charge in [0, 0.05) is 18.3 Å². The average molecular weight is 311 g/mol. The minimum absolute atomic E-state index is 0.525. The zero-order valence-electron chi connectivity index (χ0n) is 12.1. The first-order chi connectivity index (χ1) is 10.7. The molecule has 112 valence electrons. The monoisotopic (exact) mass is 311 g/mol. The van der Waals surface area contributed by atoms with E-state index in [-0.39, 0.29) is 0 Å². The maximum atomic E-state index is 11.2. The molecule has 1 atom stereocenters. The van der Waals surface area contributed by atoms with Gasteiger partial charge in [-0.1, -0.05) is 48.2 Å². The Kier molecular flexibility index (Phi) is 4.27. The summed E-state index contributed by atoms with van der Waals surface area (Å²) in [5.74, 6) is 0.532. The lowest BCUT2D eigenvalue weighted by Gasteiger charge is -2.33. The van der Waals surface area contributed by atoms with Gasteiger partial charge in [0.25, 0.3) is 0 Å². The number of aliphatic hydroxyl groups is 1. The zero-order chi connectivity index (χ0) is 15.4. The predicted octanol–water partition coefficient (Wildman–Crippen LogP) is 3.15. The Hall–Kier alpha value is -2.11. The number of aromatic nitrogens is 1. The first kappa shape index (κ1) is 14.8. The molecule has 1 aliphatic rings. The highest BCUT2D eigenvalue weighted by Gasteiger charge is 2.44. The van der Waals surface area contributed by atoms with Gasteiger partial charge in [-0.2, -0.15) is 0 Å². The third-order valence-corrected chi connectivity index (χ3v) is 4.62. The van der Waals surface area contributed by atoms with E-state index in [4.69, 9.17) is 0 Å². The third kappa shape index (κ3) is 2.77. The largest absolute Gasteiger partial charge is 0.366 e. The topological polar surface area (TPSA) is 48.7 Å². The van der Waals surface area contributed by atoms with Gasteiger partial charge < -0.3 is 10.0 Å². The van der Waals surface area contributed by atoms with E-state index in [9.17, 15) is 5.11 Å². The molecule has 1 aromatic heterocycles. The number of benzene rings is 1. The quantitative estimate of drug-likeness (QED) is 0.881. The van der Waals surface area contributed by atoms with Gasteiger partial charge in [0.15, 0.2) is 10.9 Å². The smallest absolute Gasteiger partial charge is 0.175 e. The second-order valence-electron chi connectivity index (χ2n) is 4.98. The molecule has 0 spiro atoms. The van der Waals surface area contributed by atoms with Gasteiger partial charge in [-0.25, -0.2) is 4.99 Å². The molecule has 2 heterocycles. The van der Waals surface area contributed by atoms with Crippen LogP contribution in [0, 0.1) is 0 Å². The molecule has 1 aromatic carbocycles. The summed E-state index contributed by atoms with van der Waals surface area (Å²) in [5, 5.41) is 11.9. The molecule has 0 aliphatic carbocycles. The summed E-state index contributed by atoms with van der Waals surface area (Å²) < 4.78 is 0. The molecule has 4 nitrogen and oxygen atoms in total. The average Bonchev–Trinajstić information content (AvgIpc) is 2.88. The van der Waals surface area contributed by atoms with Crippen molar-refractivity contribution in [3.8, 4) is 0 Å². The highest BCUT2D eigenvalue weighted by Crippen LogP contribution is 2.39. The molecule has 2 aromatic rings. The molecule has 1 saturated heterocycles. The zero-order valence-corrected chi connectivity index (χ0v) is 12.9. The fourth-order valence-corrected chi connectivity index (χ4v) is 3.61. The second kappa shape index (κ2) is 6.34. The van der Waals surface area contributed by atoms with Crippen molar-refractivity contribution in [1.82, 2.24) is 9.88 Å². The van der Waals surface area contributed by atoms with Crippen LogP contribution in [-0.2, 0) is 5.72 Å². The Labute approximate surface area is 134 Å². The lowest BCUT2D eigenvalue weighted by atomic mass is 10.0. The minimum atomic E-state index is -1.07. The van der Waals surface area contributed by atoms with Crippen molar-refractivity contribution < 1.29 is 5.11 Å². The van der Waals surface area contributed by atoms with Crippen LogP contribution in [0.2, 0.25) is 0 Å². The van der Waals surface area contributed by atoms with Crippen LogP contribution in [0.15, 0.2) is 72.5 Å². The highest BCUT2D eigenvalue weighted by molar-refractivity contribution is 8.14. The van der Waals surface area contributed by atoms with E-state index < -0.39 is 5.72 Å². The SMILES string of the molecule is C=CCN1C(=Nc2cccnc2)SCC1(O)c1ccccc1. The number of thioether (sulfide) groups is 1. The molecule has 1 aliphatic heterocycles. The van der Waals surface area contributed by atoms with Gasteiger partial charge in [-0.15, -0.1) is 6.58 Å². The van der Waals surface area contributed by atoms with E-state index in [1.165, 1.54) is 11.8 Å². The van der Waals surface area contributed by atoms with Gasteiger partial charge >= 0.3 is 0 Å². The standard InChI is InChI=1S/C17H17N3OS/c1-2-11-20-16(19-15-9-6-10-18-12-15)22-13-17(20,21)14-7-4-3-5-8-14/h2-10,12,21H,1,11,13H2. The first-order valence-electron chi connectivity index (χ1n) is 7.02. The summed E-state index contributed by atoms with van der Waals surface area (Å²) in [6, 6.07) is 13.4. The Morgan fingerprint density at radius 1 is 1.32 bits per heavy atom. The first-order valence-corrected chi connectivity index (χ1v) is 8.00. The summed E-state index contributed by atoms with van der Waals surface area (Å²) in [5.41, 5.74) is 0.568. The molecule has 22 heavy (non-hydrogen) atoms. The van der Waals surface area contributed by atoms with Crippen LogP contribution < -0.4 is 0 Å². The Bertz CT molecular complexity index is 675. The van der Waals surface area contributed by atoms with Crippen LogP contribution >= 0.6 is 11.8 Å². The van der Waals surface area contributed by atoms with E-state index in [1.807, 2.05) is 47.4 Å². The van der Waals surface area contributed by atoms with Crippen molar-refractivity contribution in [2.75, 3.05) is 12.3 Å². The molecule has 1 fully saturated rings. The van der Waals surface area contributed by atoms with Crippen molar-refractivity contribution in [1.29, 1.82) is 0 Å². The number of hydrogen-bond donors (Lipinski definition) is 1. The maximum Gasteiger partial charge on any atom is 0.175 e. The fraction of sp³-hybridized carbons (Fsp3) is 0.176. The Morgan fingerprint density at radius 2 is 2.14 bits per heavy atom. The second-order valence-corrected chi connectivity index (χ2v) is 5.92. The van der Waals surface area contributed by atoms with Crippen molar-refractivity contribution in [3.63, 3.8) is 0 Å². The highest BCUT2D eigenvalue weighted by atomic mass is 32.2. The van der Waals surface area contributed by atoms with E-state index in [2.05, 4.69) is 16.6 Å². The van der Waals surface area contributed by atoms with Gasteiger partial charge in [-0.05, 0) is 12.1 Å². The normalized spacial score (nSPS) is 23.0. The molecular weight excluding hydrogens is 294 g/mol. The lowest BCUT2D eigenvalue weighted by molar-refractivity contribution is -0.0422. The third-order valence-electron chi connectivity index (χ3n) is 3.50.